The first-order valence-electron chi connectivity index (χ1n) is 5.96. The van der Waals surface area contributed by atoms with Crippen molar-refractivity contribution in [3.63, 3.8) is 0 Å². The van der Waals surface area contributed by atoms with Crippen LogP contribution in [0.4, 0.5) is 5.95 Å². The highest BCUT2D eigenvalue weighted by Crippen LogP contribution is 2.34. The molecule has 0 aliphatic heterocycles. The van der Waals surface area contributed by atoms with E-state index in [4.69, 9.17) is 5.73 Å². The lowest BCUT2D eigenvalue weighted by atomic mass is 10.1. The fourth-order valence-corrected chi connectivity index (χ4v) is 2.59. The summed E-state index contributed by atoms with van der Waals surface area (Å²) in [6, 6.07) is 8.29. The maximum absolute atomic E-state index is 5.88. The molecule has 3 rings (SSSR count). The van der Waals surface area contributed by atoms with Gasteiger partial charge in [-0.3, -0.25) is 0 Å². The Kier molecular flexibility index (Phi) is 2.20. The second kappa shape index (κ2) is 3.63. The number of aromatic amines is 1. The number of aryl methyl sites for hydroxylation is 2. The predicted octanol–water partition coefficient (Wildman–Crippen LogP) is 2.77. The normalized spacial score (nSPS) is 11.3. The Morgan fingerprint density at radius 2 is 1.94 bits per heavy atom. The van der Waals surface area contributed by atoms with Gasteiger partial charge in [0.15, 0.2) is 0 Å². The van der Waals surface area contributed by atoms with Gasteiger partial charge >= 0.3 is 0 Å². The number of nitrogen functional groups attached to an aromatic ring is 1. The standard InChI is InChI=1S/C14H16N4/c1-8-12(10-6-4-5-7-11(10)16-8)13-9(2)17-14(15)18(13)3/h4-7,16H,1-3H3,(H2,15,17). The highest BCUT2D eigenvalue weighted by Gasteiger charge is 2.17. The van der Waals surface area contributed by atoms with Crippen molar-refractivity contribution in [2.45, 2.75) is 13.8 Å². The van der Waals surface area contributed by atoms with Gasteiger partial charge in [0, 0.05) is 29.2 Å². The lowest BCUT2D eigenvalue weighted by Gasteiger charge is -2.05. The number of imidazole rings is 1. The summed E-state index contributed by atoms with van der Waals surface area (Å²) < 4.78 is 1.94. The number of anilines is 1. The van der Waals surface area contributed by atoms with E-state index in [0.717, 1.165) is 22.6 Å². The molecule has 0 spiro atoms. The molecular weight excluding hydrogens is 224 g/mol. The Labute approximate surface area is 105 Å². The van der Waals surface area contributed by atoms with Gasteiger partial charge in [0.1, 0.15) is 0 Å². The molecule has 0 amide bonds. The molecule has 0 unspecified atom stereocenters. The van der Waals surface area contributed by atoms with Crippen LogP contribution in [-0.4, -0.2) is 14.5 Å². The first kappa shape index (κ1) is 10.9. The molecule has 0 saturated heterocycles. The second-order valence-electron chi connectivity index (χ2n) is 4.63. The van der Waals surface area contributed by atoms with Gasteiger partial charge in [-0.2, -0.15) is 0 Å². The van der Waals surface area contributed by atoms with E-state index in [1.165, 1.54) is 10.9 Å². The van der Waals surface area contributed by atoms with E-state index in [1.54, 1.807) is 0 Å². The first-order valence-corrected chi connectivity index (χ1v) is 5.96. The number of benzene rings is 1. The van der Waals surface area contributed by atoms with E-state index in [2.05, 4.69) is 29.0 Å². The number of aromatic nitrogens is 3. The van der Waals surface area contributed by atoms with Gasteiger partial charge in [0.2, 0.25) is 5.95 Å². The third-order valence-electron chi connectivity index (χ3n) is 3.43. The molecule has 0 aliphatic rings. The molecule has 92 valence electrons. The Bertz CT molecular complexity index is 734. The van der Waals surface area contributed by atoms with E-state index < -0.39 is 0 Å². The monoisotopic (exact) mass is 240 g/mol. The number of hydrogen-bond donors (Lipinski definition) is 2. The first-order chi connectivity index (χ1) is 8.59. The van der Waals surface area contributed by atoms with Crippen molar-refractivity contribution >= 4 is 16.9 Å². The van der Waals surface area contributed by atoms with Crippen LogP contribution in [0.3, 0.4) is 0 Å². The molecule has 4 heteroatoms. The Hall–Kier alpha value is -2.23. The quantitative estimate of drug-likeness (QED) is 0.687. The lowest BCUT2D eigenvalue weighted by molar-refractivity contribution is 0.937. The van der Waals surface area contributed by atoms with Crippen molar-refractivity contribution in [3.8, 4) is 11.3 Å². The Morgan fingerprint density at radius 3 is 2.61 bits per heavy atom. The molecule has 0 fully saturated rings. The van der Waals surface area contributed by atoms with Crippen LogP contribution < -0.4 is 5.73 Å². The predicted molar refractivity (Wildman–Crippen MR) is 74.4 cm³/mol. The van der Waals surface area contributed by atoms with E-state index >= 15 is 0 Å². The largest absolute Gasteiger partial charge is 0.369 e. The Balaban J connectivity index is 2.41. The highest BCUT2D eigenvalue weighted by atomic mass is 15.1. The van der Waals surface area contributed by atoms with E-state index in [0.29, 0.717) is 5.95 Å². The molecule has 0 saturated carbocycles. The van der Waals surface area contributed by atoms with Crippen LogP contribution in [-0.2, 0) is 7.05 Å². The molecule has 2 aromatic heterocycles. The fraction of sp³-hybridized carbons (Fsp3) is 0.214. The van der Waals surface area contributed by atoms with Crippen LogP contribution in [0.25, 0.3) is 22.2 Å². The van der Waals surface area contributed by atoms with Crippen LogP contribution in [0.1, 0.15) is 11.4 Å². The summed E-state index contributed by atoms with van der Waals surface area (Å²) in [5.41, 5.74) is 11.4. The molecule has 4 nitrogen and oxygen atoms in total. The zero-order valence-corrected chi connectivity index (χ0v) is 10.8. The van der Waals surface area contributed by atoms with Crippen LogP contribution in [0, 0.1) is 13.8 Å². The Morgan fingerprint density at radius 1 is 1.22 bits per heavy atom. The van der Waals surface area contributed by atoms with Gasteiger partial charge in [0.05, 0.1) is 11.4 Å². The van der Waals surface area contributed by atoms with Gasteiger partial charge in [0.25, 0.3) is 0 Å². The summed E-state index contributed by atoms with van der Waals surface area (Å²) in [5.74, 6) is 0.548. The third-order valence-corrected chi connectivity index (χ3v) is 3.43. The molecule has 18 heavy (non-hydrogen) atoms. The highest BCUT2D eigenvalue weighted by molar-refractivity contribution is 5.97. The van der Waals surface area contributed by atoms with Crippen molar-refractivity contribution < 1.29 is 0 Å². The maximum atomic E-state index is 5.88. The summed E-state index contributed by atoms with van der Waals surface area (Å²) in [4.78, 5) is 7.75. The maximum Gasteiger partial charge on any atom is 0.200 e. The van der Waals surface area contributed by atoms with Crippen LogP contribution >= 0.6 is 0 Å². The third kappa shape index (κ3) is 1.35. The zero-order chi connectivity index (χ0) is 12.9. The summed E-state index contributed by atoms with van der Waals surface area (Å²) in [5, 5.41) is 1.21. The number of nitrogens with two attached hydrogens (primary N) is 1. The SMILES string of the molecule is Cc1nc(N)n(C)c1-c1c(C)[nH]c2ccccc12. The lowest BCUT2D eigenvalue weighted by Crippen LogP contribution is -1.99. The number of nitrogens with one attached hydrogen (secondary N) is 1. The van der Waals surface area contributed by atoms with Crippen molar-refractivity contribution in [2.75, 3.05) is 5.73 Å². The average Bonchev–Trinajstić information content (AvgIpc) is 2.77. The van der Waals surface area contributed by atoms with Gasteiger partial charge in [-0.1, -0.05) is 18.2 Å². The molecule has 3 N–H and O–H groups in total. The summed E-state index contributed by atoms with van der Waals surface area (Å²) >= 11 is 0. The minimum Gasteiger partial charge on any atom is -0.369 e. The van der Waals surface area contributed by atoms with Gasteiger partial charge < -0.3 is 15.3 Å². The van der Waals surface area contributed by atoms with Crippen molar-refractivity contribution in [3.05, 3.63) is 35.7 Å². The summed E-state index contributed by atoms with van der Waals surface area (Å²) in [7, 11) is 1.95. The minimum absolute atomic E-state index is 0.548. The molecule has 0 bridgehead atoms. The van der Waals surface area contributed by atoms with Crippen molar-refractivity contribution in [1.82, 2.24) is 14.5 Å². The second-order valence-corrected chi connectivity index (χ2v) is 4.63. The van der Waals surface area contributed by atoms with Crippen LogP contribution in [0.5, 0.6) is 0 Å². The number of para-hydroxylation sites is 1. The average molecular weight is 240 g/mol. The van der Waals surface area contributed by atoms with Crippen molar-refractivity contribution in [2.24, 2.45) is 7.05 Å². The molecular formula is C14H16N4. The van der Waals surface area contributed by atoms with Gasteiger partial charge in [-0.25, -0.2) is 4.98 Å². The van der Waals surface area contributed by atoms with E-state index in [-0.39, 0.29) is 0 Å². The smallest absolute Gasteiger partial charge is 0.200 e. The molecule has 0 aliphatic carbocycles. The molecule has 1 aromatic carbocycles. The number of H-pyrrole nitrogens is 1. The fourth-order valence-electron chi connectivity index (χ4n) is 2.59. The number of fused-ring (bicyclic) bond motifs is 1. The summed E-state index contributed by atoms with van der Waals surface area (Å²) in [6.07, 6.45) is 0. The number of nitrogens with zero attached hydrogens (tertiary/aromatic N) is 2. The minimum atomic E-state index is 0.548. The topological polar surface area (TPSA) is 59.6 Å². The number of hydrogen-bond acceptors (Lipinski definition) is 2. The van der Waals surface area contributed by atoms with Crippen LogP contribution in [0.2, 0.25) is 0 Å². The molecule has 0 radical (unpaired) electrons. The van der Waals surface area contributed by atoms with E-state index in [1.807, 2.05) is 30.7 Å². The zero-order valence-electron chi connectivity index (χ0n) is 10.8. The van der Waals surface area contributed by atoms with Gasteiger partial charge in [-0.05, 0) is 19.9 Å². The van der Waals surface area contributed by atoms with Crippen molar-refractivity contribution in [1.29, 1.82) is 0 Å². The molecule has 3 aromatic rings. The summed E-state index contributed by atoms with van der Waals surface area (Å²) in [6.45, 7) is 4.07. The van der Waals surface area contributed by atoms with Crippen LogP contribution in [0.15, 0.2) is 24.3 Å². The molecule has 0 atom stereocenters. The van der Waals surface area contributed by atoms with E-state index in [9.17, 15) is 0 Å². The van der Waals surface area contributed by atoms with Gasteiger partial charge in [-0.15, -0.1) is 0 Å². The molecule has 2 heterocycles. The number of rotatable bonds is 1.